The number of carbonyl (C=O) groups is 1. The topological polar surface area (TPSA) is 66.6 Å². The summed E-state index contributed by atoms with van der Waals surface area (Å²) in [5.74, 6) is 0.0127. The highest BCUT2D eigenvalue weighted by molar-refractivity contribution is 5.76. The molecular formula is C14H19N3O2. The number of aryl methyl sites for hydroxylation is 2. The SMILES string of the molecule is Cc1nc2ccccn2c1CCC(=O)NCCCO. The number of aromatic nitrogens is 2. The van der Waals surface area contributed by atoms with Gasteiger partial charge in [0.1, 0.15) is 5.65 Å². The predicted octanol–water partition coefficient (Wildman–Crippen LogP) is 1.07. The van der Waals surface area contributed by atoms with Gasteiger partial charge in [-0.2, -0.15) is 0 Å². The molecule has 0 radical (unpaired) electrons. The average molecular weight is 261 g/mol. The standard InChI is InChI=1S/C14H19N3O2/c1-11-12(6-7-14(19)15-8-4-10-18)17-9-3-2-5-13(17)16-11/h2-3,5,9,18H,4,6-8,10H2,1H3,(H,15,19). The van der Waals surface area contributed by atoms with Crippen LogP contribution in [0.1, 0.15) is 24.2 Å². The van der Waals surface area contributed by atoms with E-state index in [2.05, 4.69) is 10.3 Å². The van der Waals surface area contributed by atoms with Crippen molar-refractivity contribution in [3.63, 3.8) is 0 Å². The fourth-order valence-corrected chi connectivity index (χ4v) is 2.09. The Labute approximate surface area is 112 Å². The van der Waals surface area contributed by atoms with Crippen molar-refractivity contribution in [1.29, 1.82) is 0 Å². The van der Waals surface area contributed by atoms with Crippen molar-refractivity contribution in [1.82, 2.24) is 14.7 Å². The largest absolute Gasteiger partial charge is 0.396 e. The Hall–Kier alpha value is -1.88. The van der Waals surface area contributed by atoms with Gasteiger partial charge in [-0.3, -0.25) is 4.79 Å². The van der Waals surface area contributed by atoms with Crippen molar-refractivity contribution in [2.24, 2.45) is 0 Å². The molecule has 0 saturated heterocycles. The Balaban J connectivity index is 1.98. The summed E-state index contributed by atoms with van der Waals surface area (Å²) < 4.78 is 2.02. The number of fused-ring (bicyclic) bond motifs is 1. The summed E-state index contributed by atoms with van der Waals surface area (Å²) in [6.45, 7) is 2.60. The molecule has 0 bridgehead atoms. The van der Waals surface area contributed by atoms with Crippen molar-refractivity contribution in [2.75, 3.05) is 13.2 Å². The normalized spacial score (nSPS) is 10.8. The Morgan fingerprint density at radius 2 is 2.32 bits per heavy atom. The summed E-state index contributed by atoms with van der Waals surface area (Å²) in [5, 5.41) is 11.4. The zero-order valence-corrected chi connectivity index (χ0v) is 11.1. The van der Waals surface area contributed by atoms with Crippen LogP contribution in [0.5, 0.6) is 0 Å². The van der Waals surface area contributed by atoms with E-state index >= 15 is 0 Å². The molecule has 2 rings (SSSR count). The van der Waals surface area contributed by atoms with Gasteiger partial charge in [0.05, 0.1) is 5.69 Å². The van der Waals surface area contributed by atoms with Crippen molar-refractivity contribution in [3.8, 4) is 0 Å². The van der Waals surface area contributed by atoms with Crippen LogP contribution in [0.15, 0.2) is 24.4 Å². The van der Waals surface area contributed by atoms with E-state index in [1.54, 1.807) is 0 Å². The van der Waals surface area contributed by atoms with Gasteiger partial charge in [-0.15, -0.1) is 0 Å². The van der Waals surface area contributed by atoms with Gasteiger partial charge in [0.25, 0.3) is 0 Å². The number of nitrogens with zero attached hydrogens (tertiary/aromatic N) is 2. The summed E-state index contributed by atoms with van der Waals surface area (Å²) in [5.41, 5.74) is 2.96. The lowest BCUT2D eigenvalue weighted by Gasteiger charge is -2.05. The van der Waals surface area contributed by atoms with Crippen LogP contribution in [0.3, 0.4) is 0 Å². The second-order valence-corrected chi connectivity index (χ2v) is 4.50. The summed E-state index contributed by atoms with van der Waals surface area (Å²) in [7, 11) is 0. The average Bonchev–Trinajstić information content (AvgIpc) is 2.72. The number of amides is 1. The first-order valence-electron chi connectivity index (χ1n) is 6.52. The smallest absolute Gasteiger partial charge is 0.220 e. The van der Waals surface area contributed by atoms with E-state index in [4.69, 9.17) is 5.11 Å². The third-order valence-electron chi connectivity index (χ3n) is 3.07. The number of carbonyl (C=O) groups excluding carboxylic acids is 1. The second kappa shape index (κ2) is 6.33. The molecule has 0 spiro atoms. The Kier molecular flexibility index (Phi) is 4.52. The Bertz CT molecular complexity index is 563. The number of rotatable bonds is 6. The monoisotopic (exact) mass is 261 g/mol. The zero-order valence-electron chi connectivity index (χ0n) is 11.1. The van der Waals surface area contributed by atoms with Crippen LogP contribution in [-0.2, 0) is 11.2 Å². The first kappa shape index (κ1) is 13.5. The highest BCUT2D eigenvalue weighted by Crippen LogP contribution is 2.13. The predicted molar refractivity (Wildman–Crippen MR) is 73.0 cm³/mol. The molecule has 2 N–H and O–H groups in total. The van der Waals surface area contributed by atoms with Gasteiger partial charge in [-0.05, 0) is 31.9 Å². The van der Waals surface area contributed by atoms with Gasteiger partial charge < -0.3 is 14.8 Å². The molecule has 2 aromatic heterocycles. The molecule has 102 valence electrons. The van der Waals surface area contributed by atoms with Crippen molar-refractivity contribution in [3.05, 3.63) is 35.8 Å². The second-order valence-electron chi connectivity index (χ2n) is 4.50. The van der Waals surface area contributed by atoms with Crippen molar-refractivity contribution < 1.29 is 9.90 Å². The molecular weight excluding hydrogens is 242 g/mol. The highest BCUT2D eigenvalue weighted by atomic mass is 16.3. The van der Waals surface area contributed by atoms with Gasteiger partial charge in [0.2, 0.25) is 5.91 Å². The molecule has 0 atom stereocenters. The molecule has 0 aromatic carbocycles. The maximum Gasteiger partial charge on any atom is 0.220 e. The molecule has 5 heteroatoms. The first-order valence-corrected chi connectivity index (χ1v) is 6.52. The molecule has 1 amide bonds. The van der Waals surface area contributed by atoms with E-state index in [0.717, 1.165) is 17.0 Å². The maximum absolute atomic E-state index is 11.6. The zero-order chi connectivity index (χ0) is 13.7. The number of hydrogen-bond acceptors (Lipinski definition) is 3. The lowest BCUT2D eigenvalue weighted by atomic mass is 10.2. The van der Waals surface area contributed by atoms with E-state index in [9.17, 15) is 4.79 Å². The minimum Gasteiger partial charge on any atom is -0.396 e. The number of aliphatic hydroxyl groups excluding tert-OH is 1. The molecule has 0 aliphatic heterocycles. The molecule has 5 nitrogen and oxygen atoms in total. The molecule has 19 heavy (non-hydrogen) atoms. The summed E-state index contributed by atoms with van der Waals surface area (Å²) in [6, 6.07) is 5.86. The van der Waals surface area contributed by atoms with Crippen LogP contribution >= 0.6 is 0 Å². The number of pyridine rings is 1. The van der Waals surface area contributed by atoms with Crippen LogP contribution in [-0.4, -0.2) is 33.6 Å². The Morgan fingerprint density at radius 3 is 3.11 bits per heavy atom. The third kappa shape index (κ3) is 3.32. The lowest BCUT2D eigenvalue weighted by molar-refractivity contribution is -0.121. The molecule has 0 fully saturated rings. The highest BCUT2D eigenvalue weighted by Gasteiger charge is 2.09. The molecule has 2 aromatic rings. The lowest BCUT2D eigenvalue weighted by Crippen LogP contribution is -2.25. The van der Waals surface area contributed by atoms with Gasteiger partial charge in [0.15, 0.2) is 0 Å². The minimum atomic E-state index is 0.0127. The number of aliphatic hydroxyl groups is 1. The number of hydrogen-bond donors (Lipinski definition) is 2. The molecule has 0 saturated carbocycles. The van der Waals surface area contributed by atoms with Crippen molar-refractivity contribution in [2.45, 2.75) is 26.2 Å². The van der Waals surface area contributed by atoms with E-state index in [1.807, 2.05) is 35.7 Å². The Morgan fingerprint density at radius 1 is 1.47 bits per heavy atom. The van der Waals surface area contributed by atoms with Gasteiger partial charge in [-0.25, -0.2) is 4.98 Å². The van der Waals surface area contributed by atoms with Gasteiger partial charge in [0, 0.05) is 31.5 Å². The fraction of sp³-hybridized carbons (Fsp3) is 0.429. The van der Waals surface area contributed by atoms with Gasteiger partial charge in [-0.1, -0.05) is 6.07 Å². The number of nitrogens with one attached hydrogen (secondary N) is 1. The maximum atomic E-state index is 11.6. The minimum absolute atomic E-state index is 0.0127. The third-order valence-corrected chi connectivity index (χ3v) is 3.07. The van der Waals surface area contributed by atoms with E-state index < -0.39 is 0 Å². The fourth-order valence-electron chi connectivity index (χ4n) is 2.09. The quantitative estimate of drug-likeness (QED) is 0.764. The molecule has 0 unspecified atom stereocenters. The van der Waals surface area contributed by atoms with E-state index in [1.165, 1.54) is 0 Å². The molecule has 2 heterocycles. The number of imidazole rings is 1. The van der Waals surface area contributed by atoms with Crippen LogP contribution in [0.25, 0.3) is 5.65 Å². The first-order chi connectivity index (χ1) is 9.22. The molecule has 0 aliphatic carbocycles. The van der Waals surface area contributed by atoms with E-state index in [0.29, 0.717) is 25.8 Å². The molecule has 0 aliphatic rings. The van der Waals surface area contributed by atoms with Crippen molar-refractivity contribution >= 4 is 11.6 Å². The van der Waals surface area contributed by atoms with E-state index in [-0.39, 0.29) is 12.5 Å². The van der Waals surface area contributed by atoms with Crippen LogP contribution < -0.4 is 5.32 Å². The summed E-state index contributed by atoms with van der Waals surface area (Å²) >= 11 is 0. The van der Waals surface area contributed by atoms with Crippen LogP contribution in [0.4, 0.5) is 0 Å². The van der Waals surface area contributed by atoms with Gasteiger partial charge >= 0.3 is 0 Å². The summed E-state index contributed by atoms with van der Waals surface area (Å²) in [4.78, 5) is 16.1. The van der Waals surface area contributed by atoms with Crippen LogP contribution in [0, 0.1) is 6.92 Å². The van der Waals surface area contributed by atoms with Crippen LogP contribution in [0.2, 0.25) is 0 Å². The summed E-state index contributed by atoms with van der Waals surface area (Å²) in [6.07, 6.45) is 3.67.